The molecular formula is C19H24N4O3. The molecule has 0 fully saturated rings. The molecule has 2 aliphatic rings. The Kier molecular flexibility index (Phi) is 5.06. The van der Waals surface area contributed by atoms with Crippen LogP contribution < -0.4 is 20.1 Å². The predicted octanol–water partition coefficient (Wildman–Crippen LogP) is 2.66. The molecule has 1 aromatic heterocycles. The first-order chi connectivity index (χ1) is 12.8. The van der Waals surface area contributed by atoms with Crippen molar-refractivity contribution in [2.24, 2.45) is 0 Å². The van der Waals surface area contributed by atoms with Crippen LogP contribution >= 0.6 is 0 Å². The van der Waals surface area contributed by atoms with Crippen molar-refractivity contribution in [3.8, 4) is 11.5 Å². The van der Waals surface area contributed by atoms with E-state index < -0.39 is 0 Å². The molecule has 3 N–H and O–H groups in total. The van der Waals surface area contributed by atoms with E-state index in [4.69, 9.17) is 19.6 Å². The molecule has 0 radical (unpaired) electrons. The predicted molar refractivity (Wildman–Crippen MR) is 99.6 cm³/mol. The summed E-state index contributed by atoms with van der Waals surface area (Å²) in [5, 5.41) is 15.7. The zero-order chi connectivity index (χ0) is 17.8. The van der Waals surface area contributed by atoms with E-state index in [0.29, 0.717) is 32.1 Å². The van der Waals surface area contributed by atoms with E-state index in [1.807, 2.05) is 18.2 Å². The minimum atomic E-state index is 0.169. The molecule has 0 saturated carbocycles. The number of aliphatic hydroxyl groups excluding tert-OH is 1. The fourth-order valence-electron chi connectivity index (χ4n) is 3.33. The molecule has 0 bridgehead atoms. The van der Waals surface area contributed by atoms with E-state index >= 15 is 0 Å². The van der Waals surface area contributed by atoms with Crippen LogP contribution in [0.2, 0.25) is 0 Å². The average molecular weight is 356 g/mol. The number of aromatic nitrogens is 2. The van der Waals surface area contributed by atoms with Gasteiger partial charge in [0.1, 0.15) is 19.0 Å². The standard InChI is InChI=1S/C19H24N4O3/c24-9-3-8-20-18-14-4-1-2-5-15(14)22-19(23-18)21-13-6-7-16-17(12-13)26-11-10-25-16/h6-7,12,24H,1-5,8-11H2,(H2,20,21,22,23). The summed E-state index contributed by atoms with van der Waals surface area (Å²) in [6.45, 7) is 2.01. The molecule has 4 rings (SSSR count). The molecule has 0 unspecified atom stereocenters. The lowest BCUT2D eigenvalue weighted by atomic mass is 9.96. The van der Waals surface area contributed by atoms with Crippen molar-refractivity contribution >= 4 is 17.5 Å². The van der Waals surface area contributed by atoms with Crippen molar-refractivity contribution < 1.29 is 14.6 Å². The quantitative estimate of drug-likeness (QED) is 0.686. The van der Waals surface area contributed by atoms with Crippen LogP contribution in [0.1, 0.15) is 30.5 Å². The van der Waals surface area contributed by atoms with Gasteiger partial charge < -0.3 is 25.2 Å². The van der Waals surface area contributed by atoms with Gasteiger partial charge in [-0.3, -0.25) is 0 Å². The third-order valence-electron chi connectivity index (χ3n) is 4.61. The van der Waals surface area contributed by atoms with Crippen molar-refractivity contribution in [3.63, 3.8) is 0 Å². The number of rotatable bonds is 6. The number of benzene rings is 1. The minimum absolute atomic E-state index is 0.169. The number of hydrogen-bond donors (Lipinski definition) is 3. The Labute approximate surface area is 152 Å². The first-order valence-corrected chi connectivity index (χ1v) is 9.24. The third kappa shape index (κ3) is 3.67. The minimum Gasteiger partial charge on any atom is -0.486 e. The van der Waals surface area contributed by atoms with Gasteiger partial charge in [0, 0.05) is 30.5 Å². The maximum atomic E-state index is 9.02. The number of nitrogens with zero attached hydrogens (tertiary/aromatic N) is 2. The van der Waals surface area contributed by atoms with Crippen molar-refractivity contribution in [1.29, 1.82) is 0 Å². The van der Waals surface area contributed by atoms with Crippen molar-refractivity contribution in [1.82, 2.24) is 9.97 Å². The molecule has 1 aromatic carbocycles. The van der Waals surface area contributed by atoms with E-state index in [1.54, 1.807) is 0 Å². The Bertz CT molecular complexity index is 782. The second kappa shape index (κ2) is 7.78. The van der Waals surface area contributed by atoms with E-state index in [-0.39, 0.29) is 6.61 Å². The zero-order valence-corrected chi connectivity index (χ0v) is 14.8. The van der Waals surface area contributed by atoms with E-state index in [0.717, 1.165) is 48.0 Å². The van der Waals surface area contributed by atoms with Gasteiger partial charge in [-0.2, -0.15) is 4.98 Å². The molecule has 2 heterocycles. The lowest BCUT2D eigenvalue weighted by Gasteiger charge is -2.21. The van der Waals surface area contributed by atoms with Crippen molar-refractivity contribution in [2.45, 2.75) is 32.1 Å². The number of nitrogens with one attached hydrogen (secondary N) is 2. The van der Waals surface area contributed by atoms with E-state index in [2.05, 4.69) is 15.6 Å². The van der Waals surface area contributed by atoms with E-state index in [1.165, 1.54) is 12.0 Å². The monoisotopic (exact) mass is 356 g/mol. The van der Waals surface area contributed by atoms with Gasteiger partial charge in [-0.1, -0.05) is 0 Å². The molecule has 2 aromatic rings. The highest BCUT2D eigenvalue weighted by atomic mass is 16.6. The van der Waals surface area contributed by atoms with E-state index in [9.17, 15) is 0 Å². The molecule has 7 heteroatoms. The molecule has 0 amide bonds. The average Bonchev–Trinajstić information content (AvgIpc) is 2.68. The fraction of sp³-hybridized carbons (Fsp3) is 0.474. The first kappa shape index (κ1) is 16.9. The number of hydrogen-bond acceptors (Lipinski definition) is 7. The lowest BCUT2D eigenvalue weighted by Crippen LogP contribution is -2.16. The summed E-state index contributed by atoms with van der Waals surface area (Å²) < 4.78 is 11.2. The van der Waals surface area contributed by atoms with Gasteiger partial charge >= 0.3 is 0 Å². The SMILES string of the molecule is OCCCNc1nc(Nc2ccc3c(c2)OCCO3)nc2c1CCCC2. The summed E-state index contributed by atoms with van der Waals surface area (Å²) in [6.07, 6.45) is 5.00. The first-order valence-electron chi connectivity index (χ1n) is 9.24. The van der Waals surface area contributed by atoms with Crippen LogP contribution in [0.5, 0.6) is 11.5 Å². The molecule has 7 nitrogen and oxygen atoms in total. The van der Waals surface area contributed by atoms with Crippen LogP contribution in [0.25, 0.3) is 0 Å². The summed E-state index contributed by atoms with van der Waals surface area (Å²) in [7, 11) is 0. The number of fused-ring (bicyclic) bond motifs is 2. The van der Waals surface area contributed by atoms with Gasteiger partial charge in [0.25, 0.3) is 0 Å². The van der Waals surface area contributed by atoms with Crippen molar-refractivity contribution in [3.05, 3.63) is 29.5 Å². The van der Waals surface area contributed by atoms with Crippen LogP contribution in [0, 0.1) is 0 Å². The Balaban J connectivity index is 1.58. The Morgan fingerprint density at radius 1 is 1.04 bits per heavy atom. The summed E-state index contributed by atoms with van der Waals surface area (Å²) >= 11 is 0. The van der Waals surface area contributed by atoms with Gasteiger partial charge in [-0.25, -0.2) is 4.98 Å². The molecular weight excluding hydrogens is 332 g/mol. The molecule has 1 aliphatic carbocycles. The van der Waals surface area contributed by atoms with Crippen LogP contribution in [0.4, 0.5) is 17.5 Å². The van der Waals surface area contributed by atoms with Crippen LogP contribution in [-0.2, 0) is 12.8 Å². The van der Waals surface area contributed by atoms with Crippen LogP contribution in [0.15, 0.2) is 18.2 Å². The van der Waals surface area contributed by atoms with Crippen LogP contribution in [-0.4, -0.2) is 41.4 Å². The van der Waals surface area contributed by atoms with Crippen molar-refractivity contribution in [2.75, 3.05) is 37.0 Å². The second-order valence-electron chi connectivity index (χ2n) is 6.52. The molecule has 0 spiro atoms. The maximum Gasteiger partial charge on any atom is 0.229 e. The largest absolute Gasteiger partial charge is 0.486 e. The highest BCUT2D eigenvalue weighted by molar-refractivity contribution is 5.62. The van der Waals surface area contributed by atoms with Crippen LogP contribution in [0.3, 0.4) is 0 Å². The van der Waals surface area contributed by atoms with Gasteiger partial charge in [-0.05, 0) is 44.2 Å². The highest BCUT2D eigenvalue weighted by Gasteiger charge is 2.18. The van der Waals surface area contributed by atoms with Gasteiger partial charge in [-0.15, -0.1) is 0 Å². The second-order valence-corrected chi connectivity index (χ2v) is 6.52. The fourth-order valence-corrected chi connectivity index (χ4v) is 3.33. The summed E-state index contributed by atoms with van der Waals surface area (Å²) in [5.74, 6) is 2.96. The summed E-state index contributed by atoms with van der Waals surface area (Å²) in [5.41, 5.74) is 3.19. The topological polar surface area (TPSA) is 88.5 Å². The number of anilines is 3. The molecule has 0 saturated heterocycles. The maximum absolute atomic E-state index is 9.02. The highest BCUT2D eigenvalue weighted by Crippen LogP contribution is 2.34. The third-order valence-corrected chi connectivity index (χ3v) is 4.61. The Morgan fingerprint density at radius 3 is 2.77 bits per heavy atom. The number of aryl methyl sites for hydroxylation is 1. The zero-order valence-electron chi connectivity index (χ0n) is 14.8. The summed E-state index contributed by atoms with van der Waals surface area (Å²) in [6, 6.07) is 5.75. The Morgan fingerprint density at radius 2 is 1.88 bits per heavy atom. The van der Waals surface area contributed by atoms with Gasteiger partial charge in [0.15, 0.2) is 11.5 Å². The number of aliphatic hydroxyl groups is 1. The normalized spacial score (nSPS) is 15.3. The number of ether oxygens (including phenoxy) is 2. The smallest absolute Gasteiger partial charge is 0.229 e. The molecule has 0 atom stereocenters. The lowest BCUT2D eigenvalue weighted by molar-refractivity contribution is 0.171. The summed E-state index contributed by atoms with van der Waals surface area (Å²) in [4.78, 5) is 9.40. The van der Waals surface area contributed by atoms with Gasteiger partial charge in [0.05, 0.1) is 5.69 Å². The Hall–Kier alpha value is -2.54. The molecule has 138 valence electrons. The van der Waals surface area contributed by atoms with Gasteiger partial charge in [0.2, 0.25) is 5.95 Å². The molecule has 1 aliphatic heterocycles. The molecule has 26 heavy (non-hydrogen) atoms.